The molecule has 0 aliphatic carbocycles. The van der Waals surface area contributed by atoms with E-state index in [0.29, 0.717) is 17.9 Å². The number of aliphatic imine (C=N–C) groups is 1. The molecule has 0 spiro atoms. The molecule has 2 aromatic carbocycles. The van der Waals surface area contributed by atoms with Crippen molar-refractivity contribution < 1.29 is 13.9 Å². The summed E-state index contributed by atoms with van der Waals surface area (Å²) in [5, 5.41) is 0. The van der Waals surface area contributed by atoms with Crippen LogP contribution in [0.25, 0.3) is 11.1 Å². The van der Waals surface area contributed by atoms with Crippen LogP contribution in [0.1, 0.15) is 11.1 Å². The first kappa shape index (κ1) is 12.7. The van der Waals surface area contributed by atoms with E-state index in [-0.39, 0.29) is 11.6 Å². The Bertz CT molecular complexity index is 695. The largest absolute Gasteiger partial charge is 0.497 e. The van der Waals surface area contributed by atoms with Crippen LogP contribution >= 0.6 is 0 Å². The van der Waals surface area contributed by atoms with Gasteiger partial charge >= 0.3 is 0 Å². The molecule has 1 aliphatic rings. The minimum absolute atomic E-state index is 0.177. The van der Waals surface area contributed by atoms with Crippen molar-refractivity contribution in [2.24, 2.45) is 4.99 Å². The van der Waals surface area contributed by atoms with Gasteiger partial charge in [-0.25, -0.2) is 4.39 Å². The summed E-state index contributed by atoms with van der Waals surface area (Å²) in [4.78, 5) is 4.21. The van der Waals surface area contributed by atoms with Gasteiger partial charge in [-0.05, 0) is 28.8 Å². The zero-order chi connectivity index (χ0) is 14.1. The molecule has 102 valence electrons. The van der Waals surface area contributed by atoms with E-state index >= 15 is 0 Å². The number of ether oxygens (including phenoxy) is 2. The molecule has 0 aromatic heterocycles. The Balaban J connectivity index is 2.14. The molecule has 0 amide bonds. The molecule has 20 heavy (non-hydrogen) atoms. The average Bonchev–Trinajstić information content (AvgIpc) is 2.95. The summed E-state index contributed by atoms with van der Waals surface area (Å²) in [6.07, 6.45) is 1.83. The number of hydrogen-bond acceptors (Lipinski definition) is 3. The highest BCUT2D eigenvalue weighted by molar-refractivity contribution is 5.86. The number of benzene rings is 2. The molecule has 0 unspecified atom stereocenters. The molecular formula is C16H14FNO2. The normalized spacial score (nSPS) is 12.3. The fourth-order valence-electron chi connectivity index (χ4n) is 2.33. The third-order valence-corrected chi connectivity index (χ3v) is 3.41. The van der Waals surface area contributed by atoms with Crippen LogP contribution in [-0.2, 0) is 6.54 Å². The predicted molar refractivity (Wildman–Crippen MR) is 76.2 cm³/mol. The second-order valence-corrected chi connectivity index (χ2v) is 4.57. The van der Waals surface area contributed by atoms with E-state index in [1.807, 2.05) is 24.4 Å². The van der Waals surface area contributed by atoms with Crippen molar-refractivity contribution >= 4 is 6.21 Å². The summed E-state index contributed by atoms with van der Waals surface area (Å²) in [6, 6.07) is 9.00. The molecule has 0 bridgehead atoms. The van der Waals surface area contributed by atoms with Gasteiger partial charge in [-0.1, -0.05) is 12.1 Å². The van der Waals surface area contributed by atoms with Gasteiger partial charge in [-0.15, -0.1) is 0 Å². The number of nitrogens with zero attached hydrogens (tertiary/aromatic N) is 1. The van der Waals surface area contributed by atoms with Crippen LogP contribution in [0.4, 0.5) is 4.39 Å². The van der Waals surface area contributed by atoms with E-state index in [1.54, 1.807) is 13.2 Å². The second kappa shape index (κ2) is 4.96. The lowest BCUT2D eigenvalue weighted by molar-refractivity contribution is 0.375. The Hall–Kier alpha value is -2.36. The van der Waals surface area contributed by atoms with Crippen molar-refractivity contribution in [3.8, 4) is 22.6 Å². The number of fused-ring (bicyclic) bond motifs is 1. The van der Waals surface area contributed by atoms with Gasteiger partial charge in [0.1, 0.15) is 5.75 Å². The smallest absolute Gasteiger partial charge is 0.173 e. The van der Waals surface area contributed by atoms with Crippen LogP contribution in [0.5, 0.6) is 11.5 Å². The summed E-state index contributed by atoms with van der Waals surface area (Å²) < 4.78 is 24.7. The molecule has 4 heteroatoms. The van der Waals surface area contributed by atoms with Crippen molar-refractivity contribution in [1.82, 2.24) is 0 Å². The summed E-state index contributed by atoms with van der Waals surface area (Å²) in [6.45, 7) is 0.645. The zero-order valence-electron chi connectivity index (χ0n) is 11.3. The number of hydrogen-bond donors (Lipinski definition) is 0. The van der Waals surface area contributed by atoms with Gasteiger partial charge in [0.25, 0.3) is 0 Å². The SMILES string of the molecule is COc1cc(OC)c(F)c(-c2ccc3c(c2)CN=C3)c1. The first-order chi connectivity index (χ1) is 9.72. The molecule has 1 aliphatic heterocycles. The summed E-state index contributed by atoms with van der Waals surface area (Å²) in [7, 11) is 2.99. The quantitative estimate of drug-likeness (QED) is 0.856. The molecule has 2 aromatic rings. The molecule has 1 heterocycles. The molecule has 0 saturated heterocycles. The van der Waals surface area contributed by atoms with Gasteiger partial charge in [-0.2, -0.15) is 0 Å². The molecule has 3 nitrogen and oxygen atoms in total. The van der Waals surface area contributed by atoms with Crippen LogP contribution < -0.4 is 9.47 Å². The van der Waals surface area contributed by atoms with Crippen LogP contribution in [0.15, 0.2) is 35.3 Å². The monoisotopic (exact) mass is 271 g/mol. The van der Waals surface area contributed by atoms with Crippen LogP contribution in [-0.4, -0.2) is 20.4 Å². The van der Waals surface area contributed by atoms with E-state index in [2.05, 4.69) is 4.99 Å². The first-order valence-electron chi connectivity index (χ1n) is 6.27. The lowest BCUT2D eigenvalue weighted by atomic mass is 9.99. The fraction of sp³-hybridized carbons (Fsp3) is 0.188. The highest BCUT2D eigenvalue weighted by Crippen LogP contribution is 2.35. The number of rotatable bonds is 3. The van der Waals surface area contributed by atoms with Crippen molar-refractivity contribution in [3.63, 3.8) is 0 Å². The average molecular weight is 271 g/mol. The second-order valence-electron chi connectivity index (χ2n) is 4.57. The van der Waals surface area contributed by atoms with E-state index in [1.165, 1.54) is 13.2 Å². The lowest BCUT2D eigenvalue weighted by Crippen LogP contribution is -1.95. The Labute approximate surface area is 116 Å². The van der Waals surface area contributed by atoms with Crippen molar-refractivity contribution in [1.29, 1.82) is 0 Å². The molecule has 0 fully saturated rings. The Morgan fingerprint density at radius 3 is 2.70 bits per heavy atom. The number of methoxy groups -OCH3 is 2. The van der Waals surface area contributed by atoms with E-state index in [4.69, 9.17) is 9.47 Å². The minimum atomic E-state index is -0.382. The molecule has 0 saturated carbocycles. The Kier molecular flexibility index (Phi) is 3.14. The third-order valence-electron chi connectivity index (χ3n) is 3.41. The standard InChI is InChI=1S/C16H14FNO2/c1-19-13-6-14(16(17)15(7-13)20-2)10-3-4-11-8-18-9-12(11)5-10/h3-8H,9H2,1-2H3. The topological polar surface area (TPSA) is 30.8 Å². The molecule has 0 N–H and O–H groups in total. The van der Waals surface area contributed by atoms with Crippen molar-refractivity contribution in [2.45, 2.75) is 6.54 Å². The predicted octanol–water partition coefficient (Wildman–Crippen LogP) is 3.44. The molecule has 0 radical (unpaired) electrons. The molecule has 0 atom stereocenters. The van der Waals surface area contributed by atoms with Crippen LogP contribution in [0.2, 0.25) is 0 Å². The summed E-state index contributed by atoms with van der Waals surface area (Å²) in [5.74, 6) is 0.360. The number of halogens is 1. The van der Waals surface area contributed by atoms with Gasteiger partial charge < -0.3 is 9.47 Å². The summed E-state index contributed by atoms with van der Waals surface area (Å²) in [5.41, 5.74) is 3.45. The van der Waals surface area contributed by atoms with Gasteiger partial charge in [0, 0.05) is 17.8 Å². The zero-order valence-corrected chi connectivity index (χ0v) is 11.3. The van der Waals surface area contributed by atoms with Crippen LogP contribution in [0, 0.1) is 5.82 Å². The maximum Gasteiger partial charge on any atom is 0.173 e. The Morgan fingerprint density at radius 1 is 1.10 bits per heavy atom. The highest BCUT2D eigenvalue weighted by atomic mass is 19.1. The van der Waals surface area contributed by atoms with Gasteiger partial charge in [0.2, 0.25) is 0 Å². The third kappa shape index (κ3) is 2.03. The lowest BCUT2D eigenvalue weighted by Gasteiger charge is -2.11. The molecular weight excluding hydrogens is 257 g/mol. The van der Waals surface area contributed by atoms with E-state index < -0.39 is 0 Å². The van der Waals surface area contributed by atoms with E-state index in [0.717, 1.165) is 16.7 Å². The van der Waals surface area contributed by atoms with Gasteiger partial charge in [0.15, 0.2) is 11.6 Å². The molecule has 3 rings (SSSR count). The maximum atomic E-state index is 14.4. The highest BCUT2D eigenvalue weighted by Gasteiger charge is 2.15. The van der Waals surface area contributed by atoms with Gasteiger partial charge in [0.05, 0.1) is 20.8 Å². The Morgan fingerprint density at radius 2 is 1.95 bits per heavy atom. The minimum Gasteiger partial charge on any atom is -0.497 e. The fourth-order valence-corrected chi connectivity index (χ4v) is 2.33. The first-order valence-corrected chi connectivity index (χ1v) is 6.27. The maximum absolute atomic E-state index is 14.4. The van der Waals surface area contributed by atoms with Gasteiger partial charge in [-0.3, -0.25) is 4.99 Å². The van der Waals surface area contributed by atoms with Crippen LogP contribution in [0.3, 0.4) is 0 Å². The van der Waals surface area contributed by atoms with Crippen molar-refractivity contribution in [2.75, 3.05) is 14.2 Å². The summed E-state index contributed by atoms with van der Waals surface area (Å²) >= 11 is 0. The van der Waals surface area contributed by atoms with Crippen molar-refractivity contribution in [3.05, 3.63) is 47.3 Å². The van der Waals surface area contributed by atoms with E-state index in [9.17, 15) is 4.39 Å².